The Bertz CT molecular complexity index is 124. The lowest BCUT2D eigenvalue weighted by molar-refractivity contribution is -0.134. The van der Waals surface area contributed by atoms with Crippen molar-refractivity contribution in [3.63, 3.8) is 0 Å². The fraction of sp³-hybridized carbons (Fsp3) is 0.600. The quantitative estimate of drug-likeness (QED) is 0.519. The van der Waals surface area contributed by atoms with Crippen LogP contribution in [0.2, 0.25) is 0 Å². The molecule has 0 saturated carbocycles. The fourth-order valence-corrected chi connectivity index (χ4v) is 0.784. The van der Waals surface area contributed by atoms with Crippen molar-refractivity contribution in [2.24, 2.45) is 0 Å². The van der Waals surface area contributed by atoms with Gasteiger partial charge < -0.3 is 0 Å². The van der Waals surface area contributed by atoms with Crippen molar-refractivity contribution in [3.05, 3.63) is 0 Å². The molecular formula is C5H6BrClO2. The first-order valence-corrected chi connectivity index (χ1v) is 4.06. The number of rotatable bonds is 4. The first kappa shape index (κ1) is 9.11. The summed E-state index contributed by atoms with van der Waals surface area (Å²) >= 11 is 8.08. The van der Waals surface area contributed by atoms with Crippen LogP contribution in [-0.4, -0.2) is 22.8 Å². The van der Waals surface area contributed by atoms with Gasteiger partial charge in [-0.25, -0.2) is 0 Å². The van der Waals surface area contributed by atoms with Gasteiger partial charge in [-0.2, -0.15) is 0 Å². The van der Waals surface area contributed by atoms with Gasteiger partial charge >= 0.3 is 0 Å². The maximum Gasteiger partial charge on any atom is 0.208 e. The molecule has 0 aromatic rings. The van der Waals surface area contributed by atoms with E-state index in [9.17, 15) is 9.59 Å². The van der Waals surface area contributed by atoms with Crippen LogP contribution in [0.15, 0.2) is 0 Å². The Balaban J connectivity index is 3.60. The maximum atomic E-state index is 10.5. The number of carbonyl (C=O) groups is 2. The minimum atomic E-state index is -0.407. The second-order valence-electron chi connectivity index (χ2n) is 1.42. The van der Waals surface area contributed by atoms with Crippen molar-refractivity contribution in [3.8, 4) is 0 Å². The molecule has 0 fully saturated rings. The molecule has 0 spiro atoms. The Hall–Kier alpha value is 0.110. The summed E-state index contributed by atoms with van der Waals surface area (Å²) in [6, 6.07) is 0. The summed E-state index contributed by atoms with van der Waals surface area (Å²) < 4.78 is 0. The molecule has 0 aliphatic carbocycles. The highest BCUT2D eigenvalue weighted by atomic mass is 79.9. The summed E-state index contributed by atoms with van der Waals surface area (Å²) in [5, 5.41) is 0.0999. The molecule has 0 heterocycles. The number of halogens is 2. The van der Waals surface area contributed by atoms with Crippen LogP contribution in [0.1, 0.15) is 6.42 Å². The number of hydrogen-bond acceptors (Lipinski definition) is 2. The van der Waals surface area contributed by atoms with Crippen molar-refractivity contribution >= 4 is 39.1 Å². The Morgan fingerprint density at radius 1 is 1.33 bits per heavy atom. The van der Waals surface area contributed by atoms with Gasteiger partial charge in [0.15, 0.2) is 5.78 Å². The van der Waals surface area contributed by atoms with Gasteiger partial charge in [0.1, 0.15) is 0 Å². The molecule has 9 heavy (non-hydrogen) atoms. The van der Waals surface area contributed by atoms with E-state index in [1.807, 2.05) is 0 Å². The fourth-order valence-electron chi connectivity index (χ4n) is 0.300. The molecule has 0 saturated heterocycles. The molecule has 0 aliphatic heterocycles. The molecule has 0 amide bonds. The monoisotopic (exact) mass is 212 g/mol. The molecule has 4 heteroatoms. The highest BCUT2D eigenvalue weighted by Crippen LogP contribution is 1.91. The van der Waals surface area contributed by atoms with E-state index < -0.39 is 11.6 Å². The predicted octanol–water partition coefficient (Wildman–Crippen LogP) is 1.15. The van der Waals surface area contributed by atoms with Crippen LogP contribution in [0.3, 0.4) is 0 Å². The van der Waals surface area contributed by atoms with Gasteiger partial charge in [0.25, 0.3) is 0 Å². The molecule has 0 aromatic heterocycles. The van der Waals surface area contributed by atoms with Crippen molar-refractivity contribution in [1.29, 1.82) is 0 Å². The Morgan fingerprint density at radius 2 is 1.89 bits per heavy atom. The Labute approximate surface area is 66.7 Å². The standard InChI is InChI=1S/C5H6BrClO2/c6-3-5(9)4(8)1-2-7/h1-3H2. The van der Waals surface area contributed by atoms with Crippen molar-refractivity contribution < 1.29 is 9.59 Å². The maximum absolute atomic E-state index is 10.5. The Kier molecular flexibility index (Phi) is 5.00. The highest BCUT2D eigenvalue weighted by Gasteiger charge is 2.09. The van der Waals surface area contributed by atoms with Crippen LogP contribution in [0, 0.1) is 0 Å². The number of carbonyl (C=O) groups excluding carboxylic acids is 2. The summed E-state index contributed by atoms with van der Waals surface area (Å²) in [4.78, 5) is 21.0. The van der Waals surface area contributed by atoms with Gasteiger partial charge in [0.05, 0.1) is 5.33 Å². The zero-order valence-electron chi connectivity index (χ0n) is 4.69. The topological polar surface area (TPSA) is 34.1 Å². The summed E-state index contributed by atoms with van der Waals surface area (Å²) in [7, 11) is 0. The largest absolute Gasteiger partial charge is 0.291 e. The van der Waals surface area contributed by atoms with E-state index in [0.29, 0.717) is 0 Å². The van der Waals surface area contributed by atoms with E-state index in [0.717, 1.165) is 0 Å². The number of Topliss-reactive ketones (excluding diaryl/α,β-unsaturated/α-hetero) is 2. The summed E-state index contributed by atoms with van der Waals surface area (Å²) in [6.45, 7) is 0. The van der Waals surface area contributed by atoms with Crippen molar-refractivity contribution in [2.45, 2.75) is 6.42 Å². The third-order valence-electron chi connectivity index (χ3n) is 0.754. The molecule has 0 aliphatic rings. The Morgan fingerprint density at radius 3 is 2.22 bits per heavy atom. The number of ketones is 2. The lowest BCUT2D eigenvalue weighted by atomic mass is 10.2. The van der Waals surface area contributed by atoms with Crippen LogP contribution in [0.25, 0.3) is 0 Å². The zero-order chi connectivity index (χ0) is 7.28. The van der Waals surface area contributed by atoms with Crippen LogP contribution in [-0.2, 0) is 9.59 Å². The lowest BCUT2D eigenvalue weighted by Gasteiger charge is -1.89. The number of hydrogen-bond donors (Lipinski definition) is 0. The smallest absolute Gasteiger partial charge is 0.208 e. The summed E-state index contributed by atoms with van der Waals surface area (Å²) in [6.07, 6.45) is 0.145. The normalized spacial score (nSPS) is 9.11. The molecule has 0 rings (SSSR count). The van der Waals surface area contributed by atoms with E-state index in [-0.39, 0.29) is 17.6 Å². The van der Waals surface area contributed by atoms with E-state index in [4.69, 9.17) is 11.6 Å². The van der Waals surface area contributed by atoms with Gasteiger partial charge in [0, 0.05) is 12.3 Å². The minimum absolute atomic E-state index is 0.0999. The van der Waals surface area contributed by atoms with Crippen LogP contribution < -0.4 is 0 Å². The van der Waals surface area contributed by atoms with Crippen LogP contribution >= 0.6 is 27.5 Å². The van der Waals surface area contributed by atoms with Crippen molar-refractivity contribution in [1.82, 2.24) is 0 Å². The third kappa shape index (κ3) is 3.65. The van der Waals surface area contributed by atoms with Gasteiger partial charge in [-0.05, 0) is 0 Å². The van der Waals surface area contributed by atoms with Crippen molar-refractivity contribution in [2.75, 3.05) is 11.2 Å². The second kappa shape index (κ2) is 4.94. The molecule has 2 nitrogen and oxygen atoms in total. The summed E-state index contributed by atoms with van der Waals surface area (Å²) in [5.74, 6) is -0.588. The van der Waals surface area contributed by atoms with Crippen LogP contribution in [0.4, 0.5) is 0 Å². The van der Waals surface area contributed by atoms with E-state index in [1.165, 1.54) is 0 Å². The molecule has 52 valence electrons. The average Bonchev–Trinajstić information content (AvgIpc) is 1.87. The minimum Gasteiger partial charge on any atom is -0.291 e. The van der Waals surface area contributed by atoms with E-state index in [1.54, 1.807) is 0 Å². The first-order valence-electron chi connectivity index (χ1n) is 2.40. The van der Waals surface area contributed by atoms with Gasteiger partial charge in [-0.15, -0.1) is 11.6 Å². The van der Waals surface area contributed by atoms with Gasteiger partial charge in [0.2, 0.25) is 5.78 Å². The average molecular weight is 213 g/mol. The molecule has 0 radical (unpaired) electrons. The predicted molar refractivity (Wildman–Crippen MR) is 39.1 cm³/mol. The first-order chi connectivity index (χ1) is 4.22. The highest BCUT2D eigenvalue weighted by molar-refractivity contribution is 9.09. The zero-order valence-corrected chi connectivity index (χ0v) is 7.04. The lowest BCUT2D eigenvalue weighted by Crippen LogP contribution is -2.14. The molecular weight excluding hydrogens is 207 g/mol. The molecule has 0 aromatic carbocycles. The van der Waals surface area contributed by atoms with E-state index in [2.05, 4.69) is 15.9 Å². The SMILES string of the molecule is O=C(CBr)C(=O)CCCl. The molecule has 0 unspecified atom stereocenters. The van der Waals surface area contributed by atoms with Gasteiger partial charge in [-0.1, -0.05) is 15.9 Å². The molecule has 0 bridgehead atoms. The second-order valence-corrected chi connectivity index (χ2v) is 2.36. The molecule has 0 atom stereocenters. The summed E-state index contributed by atoms with van der Waals surface area (Å²) in [5.41, 5.74) is 0. The van der Waals surface area contributed by atoms with Crippen LogP contribution in [0.5, 0.6) is 0 Å². The van der Waals surface area contributed by atoms with Gasteiger partial charge in [-0.3, -0.25) is 9.59 Å². The number of alkyl halides is 2. The van der Waals surface area contributed by atoms with E-state index >= 15 is 0 Å². The third-order valence-corrected chi connectivity index (χ3v) is 1.45. The molecule has 0 N–H and O–H groups in total.